The van der Waals surface area contributed by atoms with Crippen LogP contribution in [0.3, 0.4) is 0 Å². The van der Waals surface area contributed by atoms with E-state index in [1.165, 1.54) is 5.56 Å². The second-order valence-electron chi connectivity index (χ2n) is 7.16. The van der Waals surface area contributed by atoms with Gasteiger partial charge in [0, 0.05) is 16.3 Å². The molecule has 6 nitrogen and oxygen atoms in total. The van der Waals surface area contributed by atoms with Crippen LogP contribution in [0.2, 0.25) is 5.02 Å². The molecule has 5 rings (SSSR count). The van der Waals surface area contributed by atoms with Crippen LogP contribution in [0.4, 0.5) is 5.69 Å². The number of hydrogen-bond acceptors (Lipinski definition) is 4. The van der Waals surface area contributed by atoms with Crippen LogP contribution in [-0.4, -0.2) is 20.9 Å². The van der Waals surface area contributed by atoms with Gasteiger partial charge in [-0.15, -0.1) is 10.2 Å². The van der Waals surface area contributed by atoms with E-state index in [9.17, 15) is 4.79 Å². The number of halogens is 1. The van der Waals surface area contributed by atoms with E-state index < -0.39 is 0 Å². The van der Waals surface area contributed by atoms with Crippen LogP contribution in [0.15, 0.2) is 83.3 Å². The van der Waals surface area contributed by atoms with Crippen molar-refractivity contribution < 1.29 is 9.21 Å². The van der Waals surface area contributed by atoms with Crippen LogP contribution in [0.1, 0.15) is 16.1 Å². The lowest BCUT2D eigenvalue weighted by molar-refractivity contribution is 0.0997. The molecule has 5 aromatic rings. The molecule has 152 valence electrons. The number of rotatable bonds is 4. The number of aromatic nitrogens is 3. The number of aryl methyl sites for hydroxylation is 1. The van der Waals surface area contributed by atoms with E-state index in [1.807, 2.05) is 49.4 Å². The molecule has 0 bridgehead atoms. The molecule has 0 spiro atoms. The predicted octanol–water partition coefficient (Wildman–Crippen LogP) is 5.89. The summed E-state index contributed by atoms with van der Waals surface area (Å²) in [4.78, 5) is 14.2. The summed E-state index contributed by atoms with van der Waals surface area (Å²) in [5.74, 6) is 0.432. The quantitative estimate of drug-likeness (QED) is 0.387. The lowest BCUT2D eigenvalue weighted by atomic mass is 10.2. The fraction of sp³-hybridized carbons (Fsp3) is 0.0417. The molecule has 31 heavy (non-hydrogen) atoms. The van der Waals surface area contributed by atoms with Gasteiger partial charge in [-0.3, -0.25) is 4.79 Å². The summed E-state index contributed by atoms with van der Waals surface area (Å²) in [7, 11) is 0. The Kier molecular flexibility index (Phi) is 4.76. The molecule has 2 aromatic heterocycles. The molecule has 0 aliphatic carbocycles. The molecule has 0 atom stereocenters. The van der Waals surface area contributed by atoms with Crippen molar-refractivity contribution >= 4 is 34.2 Å². The maximum atomic E-state index is 12.6. The van der Waals surface area contributed by atoms with Crippen molar-refractivity contribution in [2.75, 3.05) is 5.32 Å². The third-order valence-corrected chi connectivity index (χ3v) is 5.08. The Morgan fingerprint density at radius 2 is 1.74 bits per heavy atom. The first-order valence-corrected chi connectivity index (χ1v) is 10.0. The second kappa shape index (κ2) is 7.74. The van der Waals surface area contributed by atoms with Crippen LogP contribution in [0, 0.1) is 6.92 Å². The van der Waals surface area contributed by atoms with Gasteiger partial charge in [0.05, 0.1) is 5.69 Å². The van der Waals surface area contributed by atoms with E-state index in [0.29, 0.717) is 22.0 Å². The molecule has 0 aliphatic heterocycles. The van der Waals surface area contributed by atoms with Gasteiger partial charge in [-0.05, 0) is 61.5 Å². The molecule has 0 unspecified atom stereocenters. The van der Waals surface area contributed by atoms with E-state index in [0.717, 1.165) is 16.8 Å². The first-order valence-electron chi connectivity index (χ1n) is 9.66. The van der Waals surface area contributed by atoms with Gasteiger partial charge < -0.3 is 9.73 Å². The highest BCUT2D eigenvalue weighted by atomic mass is 35.5. The number of nitrogens with one attached hydrogen (secondary N) is 1. The minimum Gasteiger partial charge on any atom is -0.451 e. The van der Waals surface area contributed by atoms with Crippen LogP contribution in [0.5, 0.6) is 0 Å². The third kappa shape index (κ3) is 3.93. The van der Waals surface area contributed by atoms with Gasteiger partial charge in [0.1, 0.15) is 16.8 Å². The van der Waals surface area contributed by atoms with Crippen LogP contribution in [0.25, 0.3) is 28.0 Å². The predicted molar refractivity (Wildman–Crippen MR) is 121 cm³/mol. The number of nitrogens with zero attached hydrogens (tertiary/aromatic N) is 3. The summed E-state index contributed by atoms with van der Waals surface area (Å²) >= 11 is 6.03. The van der Waals surface area contributed by atoms with Crippen molar-refractivity contribution in [3.05, 3.63) is 95.2 Å². The molecule has 0 aliphatic rings. The monoisotopic (exact) mass is 428 g/mol. The fourth-order valence-electron chi connectivity index (χ4n) is 3.24. The minimum absolute atomic E-state index is 0.207. The van der Waals surface area contributed by atoms with Crippen molar-refractivity contribution in [3.8, 4) is 17.0 Å². The number of anilines is 1. The molecule has 0 saturated heterocycles. The van der Waals surface area contributed by atoms with Gasteiger partial charge in [0.2, 0.25) is 0 Å². The zero-order valence-electron chi connectivity index (χ0n) is 16.5. The lowest BCUT2D eigenvalue weighted by Crippen LogP contribution is -2.10. The largest absolute Gasteiger partial charge is 0.451 e. The summed E-state index contributed by atoms with van der Waals surface area (Å²) < 4.78 is 5.71. The Hall–Kier alpha value is -3.90. The number of amides is 1. The topological polar surface area (TPSA) is 73.0 Å². The van der Waals surface area contributed by atoms with Gasteiger partial charge in [-0.1, -0.05) is 41.4 Å². The SMILES string of the molecule is Cc1ccc(-n2nc3ccc(NC(=O)c4ccc(-c5cccc(Cl)c5)o4)cc3n2)cc1. The molecule has 1 amide bonds. The van der Waals surface area contributed by atoms with Crippen LogP contribution < -0.4 is 5.32 Å². The van der Waals surface area contributed by atoms with E-state index in [1.54, 1.807) is 41.2 Å². The molecule has 0 saturated carbocycles. The Labute approximate surface area is 183 Å². The van der Waals surface area contributed by atoms with Crippen LogP contribution >= 0.6 is 11.6 Å². The number of furan rings is 1. The summed E-state index contributed by atoms with van der Waals surface area (Å²) in [6.45, 7) is 2.03. The number of fused-ring (bicyclic) bond motifs is 1. The standard InChI is InChI=1S/C24H17ClN4O2/c1-15-5-8-19(9-6-15)29-27-20-10-7-18(14-21(20)28-29)26-24(30)23-12-11-22(31-23)16-3-2-4-17(25)13-16/h2-14H,1H3,(H,26,30). The van der Waals surface area contributed by atoms with Gasteiger partial charge in [0.25, 0.3) is 5.91 Å². The second-order valence-corrected chi connectivity index (χ2v) is 7.59. The van der Waals surface area contributed by atoms with Crippen molar-refractivity contribution in [3.63, 3.8) is 0 Å². The smallest absolute Gasteiger partial charge is 0.291 e. The highest BCUT2D eigenvalue weighted by Gasteiger charge is 2.14. The normalized spacial score (nSPS) is 11.0. The number of benzene rings is 3. The highest BCUT2D eigenvalue weighted by Crippen LogP contribution is 2.25. The molecule has 2 heterocycles. The fourth-order valence-corrected chi connectivity index (χ4v) is 3.43. The maximum absolute atomic E-state index is 12.6. The molecule has 1 N–H and O–H groups in total. The zero-order valence-corrected chi connectivity index (χ0v) is 17.3. The highest BCUT2D eigenvalue weighted by molar-refractivity contribution is 6.30. The molecular formula is C24H17ClN4O2. The van der Waals surface area contributed by atoms with Crippen molar-refractivity contribution in [2.24, 2.45) is 0 Å². The zero-order chi connectivity index (χ0) is 21.4. The van der Waals surface area contributed by atoms with E-state index in [2.05, 4.69) is 15.5 Å². The van der Waals surface area contributed by atoms with Crippen molar-refractivity contribution in [1.29, 1.82) is 0 Å². The average molecular weight is 429 g/mol. The molecular weight excluding hydrogens is 412 g/mol. The Morgan fingerprint density at radius 3 is 2.55 bits per heavy atom. The van der Waals surface area contributed by atoms with Crippen LogP contribution in [-0.2, 0) is 0 Å². The maximum Gasteiger partial charge on any atom is 0.291 e. The minimum atomic E-state index is -0.349. The number of carbonyl (C=O) groups is 1. The first kappa shape index (κ1) is 19.1. The first-order chi connectivity index (χ1) is 15.0. The summed E-state index contributed by atoms with van der Waals surface area (Å²) in [5, 5.41) is 12.5. The molecule has 7 heteroatoms. The van der Waals surface area contributed by atoms with E-state index in [4.69, 9.17) is 16.0 Å². The van der Waals surface area contributed by atoms with Gasteiger partial charge in [-0.2, -0.15) is 4.80 Å². The van der Waals surface area contributed by atoms with Crippen molar-refractivity contribution in [2.45, 2.75) is 6.92 Å². The Bertz CT molecular complexity index is 1400. The third-order valence-electron chi connectivity index (χ3n) is 4.84. The summed E-state index contributed by atoms with van der Waals surface area (Å²) in [6, 6.07) is 24.0. The van der Waals surface area contributed by atoms with E-state index >= 15 is 0 Å². The van der Waals surface area contributed by atoms with E-state index in [-0.39, 0.29) is 11.7 Å². The summed E-state index contributed by atoms with van der Waals surface area (Å²) in [6.07, 6.45) is 0. The Morgan fingerprint density at radius 1 is 0.935 bits per heavy atom. The van der Waals surface area contributed by atoms with Gasteiger partial charge in [0.15, 0.2) is 5.76 Å². The number of carbonyl (C=O) groups excluding carboxylic acids is 1. The lowest BCUT2D eigenvalue weighted by Gasteiger charge is -2.03. The molecule has 0 radical (unpaired) electrons. The molecule has 3 aromatic carbocycles. The molecule has 0 fully saturated rings. The number of hydrogen-bond donors (Lipinski definition) is 1. The summed E-state index contributed by atoms with van der Waals surface area (Å²) in [5.41, 5.74) is 4.87. The van der Waals surface area contributed by atoms with Crippen molar-refractivity contribution in [1.82, 2.24) is 15.0 Å². The van der Waals surface area contributed by atoms with Gasteiger partial charge in [-0.25, -0.2) is 0 Å². The van der Waals surface area contributed by atoms with Gasteiger partial charge >= 0.3 is 0 Å². The Balaban J connectivity index is 1.36. The average Bonchev–Trinajstić information content (AvgIpc) is 3.41.